The summed E-state index contributed by atoms with van der Waals surface area (Å²) in [4.78, 5) is 67.9. The Kier molecular flexibility index (Phi) is 13.3. The minimum Gasteiger partial charge on any atom is -0.469 e. The van der Waals surface area contributed by atoms with Gasteiger partial charge in [0.05, 0.1) is 59.1 Å². The summed E-state index contributed by atoms with van der Waals surface area (Å²) in [6.45, 7) is 15.2. The zero-order valence-electron chi connectivity index (χ0n) is 39.4. The monoisotopic (exact) mass is 951 g/mol. The maximum absolute atomic E-state index is 14.4. The molecule has 0 spiro atoms. The number of aromatic nitrogens is 4. The summed E-state index contributed by atoms with van der Waals surface area (Å²) in [5.74, 6) is -0.666. The Morgan fingerprint density at radius 2 is 1.65 bits per heavy atom. The zero-order chi connectivity index (χ0) is 48.8. The summed E-state index contributed by atoms with van der Waals surface area (Å²) in [6.07, 6.45) is -0.905. The molecule has 0 bridgehead atoms. The molecule has 2 aliphatic rings. The lowest BCUT2D eigenvalue weighted by Crippen LogP contribution is -2.57. The number of rotatable bonds is 11. The van der Waals surface area contributed by atoms with Crippen LogP contribution in [0, 0.1) is 44.4 Å². The van der Waals surface area contributed by atoms with Gasteiger partial charge >= 0.3 is 5.97 Å². The van der Waals surface area contributed by atoms with E-state index in [0.29, 0.717) is 22.9 Å². The van der Waals surface area contributed by atoms with Gasteiger partial charge in [0, 0.05) is 34.5 Å². The second kappa shape index (κ2) is 19.0. The fraction of sp³-hybridized carbons (Fsp3) is 0.353. The number of amides is 3. The first-order chi connectivity index (χ1) is 32.4. The van der Waals surface area contributed by atoms with E-state index in [2.05, 4.69) is 38.8 Å². The number of aryl methyl sites for hydroxylation is 3. The fourth-order valence-corrected chi connectivity index (χ4v) is 10.9. The number of hydrogen-bond donors (Lipinski definition) is 3. The highest BCUT2D eigenvalue weighted by molar-refractivity contribution is 7.15. The fourth-order valence-electron chi connectivity index (χ4n) is 8.83. The number of likely N-dealkylation sites (tertiary alicyclic amines) is 1. The maximum atomic E-state index is 14.4. The van der Waals surface area contributed by atoms with Crippen LogP contribution in [0.2, 0.25) is 0 Å². The molecule has 6 aromatic rings. The molecule has 8 rings (SSSR count). The third kappa shape index (κ3) is 9.23. The molecule has 68 heavy (non-hydrogen) atoms. The summed E-state index contributed by atoms with van der Waals surface area (Å²) in [7, 11) is 1.34. The molecule has 3 aromatic heterocycles. The molecule has 1 saturated heterocycles. The summed E-state index contributed by atoms with van der Waals surface area (Å²) in [6, 6.07) is 19.5. The van der Waals surface area contributed by atoms with Crippen LogP contribution in [0.25, 0.3) is 26.6 Å². The summed E-state index contributed by atoms with van der Waals surface area (Å²) in [5, 5.41) is 36.8. The van der Waals surface area contributed by atoms with E-state index in [1.165, 1.54) is 18.1 Å². The molecule has 0 radical (unpaired) electrons. The standard InChI is InChI=1S/C51H53N9O6S2/c1-26-29(4)68-50-42(26)43(55-39(22-41(62)66-9)46-58-57-30(5)60(46)50)33-14-12-32(13-15-33)38-19-18-35(20-36(38)23-52)47(63)56-45(51(6,7)8)49(65)59-24-37(61)21-40(59)48(64)54-27(2)31-10-16-34(17-11-31)44-28(3)53-25-67-44/h10-20,25,27,37,39-40,45,61H,21-22,24H2,1-9H3,(H,54,64)(H,56,63)/t27-,37+,39-,40-,45?/m0/s1. The van der Waals surface area contributed by atoms with Gasteiger partial charge in [0.2, 0.25) is 11.8 Å². The topological polar surface area (TPSA) is 205 Å². The third-order valence-corrected chi connectivity index (χ3v) is 14.9. The van der Waals surface area contributed by atoms with E-state index in [0.717, 1.165) is 53.8 Å². The van der Waals surface area contributed by atoms with Crippen LogP contribution < -0.4 is 10.6 Å². The number of carbonyl (C=O) groups excluding carboxylic acids is 4. The van der Waals surface area contributed by atoms with Gasteiger partial charge in [-0.15, -0.1) is 32.9 Å². The van der Waals surface area contributed by atoms with Gasteiger partial charge in [-0.05, 0) is 80.0 Å². The van der Waals surface area contributed by atoms with Crippen LogP contribution in [0.15, 0.2) is 77.2 Å². The third-order valence-electron chi connectivity index (χ3n) is 12.7. The van der Waals surface area contributed by atoms with Crippen LogP contribution in [-0.2, 0) is 19.1 Å². The van der Waals surface area contributed by atoms with Crippen molar-refractivity contribution in [3.05, 3.63) is 128 Å². The van der Waals surface area contributed by atoms with Crippen LogP contribution in [0.5, 0.6) is 0 Å². The smallest absolute Gasteiger partial charge is 0.308 e. The van der Waals surface area contributed by atoms with Gasteiger partial charge in [-0.2, -0.15) is 5.26 Å². The van der Waals surface area contributed by atoms with E-state index >= 15 is 0 Å². The zero-order valence-corrected chi connectivity index (χ0v) is 41.0. The first-order valence-electron chi connectivity index (χ1n) is 22.3. The molecule has 15 nitrogen and oxygen atoms in total. The van der Waals surface area contributed by atoms with E-state index < -0.39 is 53.3 Å². The molecule has 5 heterocycles. The van der Waals surface area contributed by atoms with E-state index in [4.69, 9.17) is 9.73 Å². The Bertz CT molecular complexity index is 3010. The average molecular weight is 952 g/mol. The number of nitrogens with one attached hydrogen (secondary N) is 2. The number of esters is 1. The number of carbonyl (C=O) groups is 4. The Morgan fingerprint density at radius 1 is 0.956 bits per heavy atom. The highest BCUT2D eigenvalue weighted by Crippen LogP contribution is 2.40. The molecule has 3 aromatic carbocycles. The minimum absolute atomic E-state index is 0.0245. The van der Waals surface area contributed by atoms with Crippen molar-refractivity contribution in [3.8, 4) is 32.6 Å². The van der Waals surface area contributed by atoms with Gasteiger partial charge in [-0.25, -0.2) is 4.98 Å². The lowest BCUT2D eigenvalue weighted by Gasteiger charge is -2.35. The van der Waals surface area contributed by atoms with Gasteiger partial charge in [-0.3, -0.25) is 28.7 Å². The first kappa shape index (κ1) is 47.6. The molecule has 5 atom stereocenters. The lowest BCUT2D eigenvalue weighted by molar-refractivity contribution is -0.142. The number of aliphatic imine (C=N–C) groups is 1. The number of benzene rings is 3. The van der Waals surface area contributed by atoms with E-state index in [1.54, 1.807) is 34.8 Å². The largest absolute Gasteiger partial charge is 0.469 e. The van der Waals surface area contributed by atoms with Gasteiger partial charge in [0.25, 0.3) is 5.91 Å². The molecule has 3 amide bonds. The quantitative estimate of drug-likeness (QED) is 0.108. The molecule has 0 saturated carbocycles. The Hall–Kier alpha value is -6.87. The van der Waals surface area contributed by atoms with Gasteiger partial charge in [0.15, 0.2) is 5.82 Å². The number of aliphatic hydroxyl groups excluding tert-OH is 1. The van der Waals surface area contributed by atoms with Crippen LogP contribution in [0.1, 0.15) is 113 Å². The number of nitrogens with zero attached hydrogens (tertiary/aromatic N) is 7. The number of methoxy groups -OCH3 is 1. The molecular formula is C51H53N9O6S2. The van der Waals surface area contributed by atoms with E-state index in [9.17, 15) is 29.5 Å². The highest BCUT2D eigenvalue weighted by atomic mass is 32.1. The van der Waals surface area contributed by atoms with E-state index in [1.807, 2.05) is 107 Å². The maximum Gasteiger partial charge on any atom is 0.308 e. The molecule has 2 aliphatic heterocycles. The van der Waals surface area contributed by atoms with Crippen LogP contribution in [-0.4, -0.2) is 91.0 Å². The summed E-state index contributed by atoms with van der Waals surface area (Å²) >= 11 is 3.17. The molecule has 350 valence electrons. The summed E-state index contributed by atoms with van der Waals surface area (Å²) < 4.78 is 7.00. The second-order valence-corrected chi connectivity index (χ2v) is 20.5. The number of β-amino-alcohol motifs (C(OH)–C–C–N with tert-alkyl or cyclic N) is 1. The second-order valence-electron chi connectivity index (χ2n) is 18.4. The molecule has 17 heteroatoms. The number of thiophene rings is 1. The number of nitriles is 1. The summed E-state index contributed by atoms with van der Waals surface area (Å²) in [5.41, 5.74) is 9.06. The normalized spacial score (nSPS) is 17.5. The molecule has 0 aliphatic carbocycles. The van der Waals surface area contributed by atoms with Crippen molar-refractivity contribution in [1.82, 2.24) is 35.3 Å². The van der Waals surface area contributed by atoms with Crippen LogP contribution >= 0.6 is 22.7 Å². The SMILES string of the molecule is COC(=O)C[C@@H]1N=C(c2ccc(-c3ccc(C(=O)NC(C(=O)N4C[C@H](O)C[C@H]4C(=O)N[C@@H](C)c4ccc(-c5scnc5C)cc4)C(C)(C)C)cc3C#N)cc2)c2c(sc(C)c2C)-n2c(C)nnc21. The van der Waals surface area contributed by atoms with Gasteiger partial charge in [0.1, 0.15) is 29.0 Å². The molecule has 3 N–H and O–H groups in total. The van der Waals surface area contributed by atoms with Crippen molar-refractivity contribution in [1.29, 1.82) is 5.26 Å². The number of ether oxygens (including phenoxy) is 1. The predicted octanol–water partition coefficient (Wildman–Crippen LogP) is 7.66. The van der Waals surface area contributed by atoms with Crippen molar-refractivity contribution in [3.63, 3.8) is 0 Å². The van der Waals surface area contributed by atoms with Crippen molar-refractivity contribution < 1.29 is 29.0 Å². The minimum atomic E-state index is -1.08. The number of fused-ring (bicyclic) bond motifs is 3. The van der Waals surface area contributed by atoms with Gasteiger partial charge < -0.3 is 25.4 Å². The highest BCUT2D eigenvalue weighted by Gasteiger charge is 2.45. The number of thiazole rings is 1. The van der Waals surface area contributed by atoms with Crippen molar-refractivity contribution in [2.24, 2.45) is 10.4 Å². The Morgan fingerprint density at radius 3 is 2.29 bits per heavy atom. The Balaban J connectivity index is 0.999. The van der Waals surface area contributed by atoms with E-state index in [-0.39, 0.29) is 36.6 Å². The molecule has 1 unspecified atom stereocenters. The average Bonchev–Trinajstić information content (AvgIpc) is 4.09. The van der Waals surface area contributed by atoms with Crippen molar-refractivity contribution in [2.45, 2.75) is 98.5 Å². The van der Waals surface area contributed by atoms with Crippen molar-refractivity contribution >= 4 is 52.1 Å². The van der Waals surface area contributed by atoms with Crippen LogP contribution in [0.4, 0.5) is 0 Å². The van der Waals surface area contributed by atoms with Gasteiger partial charge in [-0.1, -0.05) is 75.4 Å². The molecule has 1 fully saturated rings. The molecular weight excluding hydrogens is 899 g/mol. The predicted molar refractivity (Wildman–Crippen MR) is 261 cm³/mol. The number of hydrogen-bond acceptors (Lipinski definition) is 13. The Labute approximate surface area is 402 Å². The van der Waals surface area contributed by atoms with Crippen molar-refractivity contribution in [2.75, 3.05) is 13.7 Å². The lowest BCUT2D eigenvalue weighted by atomic mass is 9.85. The first-order valence-corrected chi connectivity index (χ1v) is 24.0. The van der Waals surface area contributed by atoms with Crippen LogP contribution in [0.3, 0.4) is 0 Å². The number of aliphatic hydroxyl groups is 1.